The Morgan fingerprint density at radius 3 is 2.81 bits per heavy atom. The first-order valence-corrected chi connectivity index (χ1v) is 4.64. The Labute approximate surface area is 95.0 Å². The van der Waals surface area contributed by atoms with Gasteiger partial charge in [-0.15, -0.1) is 0 Å². The largest absolute Gasteiger partial charge is 0.495 e. The van der Waals surface area contributed by atoms with Gasteiger partial charge in [-0.2, -0.15) is 0 Å². The molecule has 0 saturated heterocycles. The average Bonchev–Trinajstić information content (AvgIpc) is 2.28. The van der Waals surface area contributed by atoms with E-state index in [0.29, 0.717) is 11.3 Å². The number of ether oxygens (including phenoxy) is 1. The van der Waals surface area contributed by atoms with Crippen molar-refractivity contribution < 1.29 is 9.66 Å². The third kappa shape index (κ3) is 1.63. The monoisotopic (exact) mass is 239 g/mol. The highest BCUT2D eigenvalue weighted by Gasteiger charge is 2.17. The second-order valence-electron chi connectivity index (χ2n) is 2.96. The molecule has 16 heavy (non-hydrogen) atoms. The number of hydrogen-bond acceptors (Lipinski definition) is 5. The number of rotatable bonds is 2. The number of methoxy groups -OCH3 is 1. The summed E-state index contributed by atoms with van der Waals surface area (Å²) in [5, 5.41) is 10.6. The Morgan fingerprint density at radius 2 is 2.19 bits per heavy atom. The van der Waals surface area contributed by atoms with Crippen molar-refractivity contribution in [3.8, 4) is 5.75 Å². The summed E-state index contributed by atoms with van der Waals surface area (Å²) in [6.07, 6.45) is 2.53. The minimum atomic E-state index is -0.597. The predicted octanol–water partition coefficient (Wildman–Crippen LogP) is 2.20. The van der Waals surface area contributed by atoms with Gasteiger partial charge in [0.25, 0.3) is 0 Å². The molecule has 0 N–H and O–H groups in total. The number of halogens is 1. The molecule has 0 radical (unpaired) electrons. The Kier molecular flexibility index (Phi) is 2.57. The summed E-state index contributed by atoms with van der Waals surface area (Å²) in [4.78, 5) is 17.9. The molecule has 0 atom stereocenters. The normalized spacial score (nSPS) is 10.4. The number of nitrogens with zero attached hydrogens (tertiary/aromatic N) is 3. The summed E-state index contributed by atoms with van der Waals surface area (Å²) in [6.45, 7) is 0. The molecule has 0 aromatic carbocycles. The molecule has 2 aromatic rings. The summed E-state index contributed by atoms with van der Waals surface area (Å²) < 4.78 is 4.96. The van der Waals surface area contributed by atoms with Crippen LogP contribution in [0.25, 0.3) is 11.0 Å². The Hall–Kier alpha value is -1.95. The van der Waals surface area contributed by atoms with Gasteiger partial charge in [0.15, 0.2) is 0 Å². The fourth-order valence-corrected chi connectivity index (χ4v) is 1.51. The molecule has 82 valence electrons. The van der Waals surface area contributed by atoms with Gasteiger partial charge < -0.3 is 4.74 Å². The summed E-state index contributed by atoms with van der Waals surface area (Å²) in [7, 11) is 1.50. The SMILES string of the molecule is COc1cnc2c(Cl)c([N+](=O)[O-])cnc2c1. The molecule has 6 nitrogen and oxygen atoms in total. The highest BCUT2D eigenvalue weighted by molar-refractivity contribution is 6.36. The molecule has 0 unspecified atom stereocenters. The van der Waals surface area contributed by atoms with Crippen LogP contribution in [0.4, 0.5) is 5.69 Å². The predicted molar refractivity (Wildman–Crippen MR) is 57.8 cm³/mol. The number of nitro groups is 1. The van der Waals surface area contributed by atoms with E-state index in [9.17, 15) is 10.1 Å². The lowest BCUT2D eigenvalue weighted by Crippen LogP contribution is -1.94. The van der Waals surface area contributed by atoms with E-state index in [1.807, 2.05) is 0 Å². The molecule has 0 bridgehead atoms. The minimum absolute atomic E-state index is 0.0161. The molecule has 0 amide bonds. The Morgan fingerprint density at radius 1 is 1.44 bits per heavy atom. The third-order valence-corrected chi connectivity index (χ3v) is 2.41. The van der Waals surface area contributed by atoms with Gasteiger partial charge in [-0.3, -0.25) is 10.1 Å². The molecule has 0 aliphatic heterocycles. The third-order valence-electron chi connectivity index (χ3n) is 2.03. The summed E-state index contributed by atoms with van der Waals surface area (Å²) >= 11 is 5.85. The van der Waals surface area contributed by atoms with Crippen LogP contribution in [0.2, 0.25) is 5.02 Å². The Balaban J connectivity index is 2.71. The second-order valence-corrected chi connectivity index (χ2v) is 3.34. The van der Waals surface area contributed by atoms with Gasteiger partial charge in [0.05, 0.1) is 23.7 Å². The second kappa shape index (κ2) is 3.90. The smallest absolute Gasteiger partial charge is 0.308 e. The first-order valence-electron chi connectivity index (χ1n) is 4.26. The van der Waals surface area contributed by atoms with Crippen molar-refractivity contribution in [1.82, 2.24) is 9.97 Å². The van der Waals surface area contributed by atoms with E-state index in [2.05, 4.69) is 9.97 Å². The van der Waals surface area contributed by atoms with Crippen molar-refractivity contribution in [3.63, 3.8) is 0 Å². The topological polar surface area (TPSA) is 78.2 Å². The molecular weight excluding hydrogens is 234 g/mol. The van der Waals surface area contributed by atoms with Crippen LogP contribution < -0.4 is 4.74 Å². The zero-order chi connectivity index (χ0) is 11.7. The van der Waals surface area contributed by atoms with Crippen molar-refractivity contribution in [2.75, 3.05) is 7.11 Å². The molecule has 2 heterocycles. The van der Waals surface area contributed by atoms with E-state index in [1.165, 1.54) is 13.3 Å². The van der Waals surface area contributed by atoms with Crippen LogP contribution in [0.3, 0.4) is 0 Å². The molecule has 0 aliphatic carbocycles. The average molecular weight is 240 g/mol. The first kappa shape index (κ1) is 10.6. The quantitative estimate of drug-likeness (QED) is 0.593. The van der Waals surface area contributed by atoms with Crippen LogP contribution in [0.15, 0.2) is 18.5 Å². The van der Waals surface area contributed by atoms with Gasteiger partial charge in [-0.25, -0.2) is 9.97 Å². The van der Waals surface area contributed by atoms with Gasteiger partial charge in [-0.1, -0.05) is 11.6 Å². The van der Waals surface area contributed by atoms with Crippen LogP contribution >= 0.6 is 11.6 Å². The number of aromatic nitrogens is 2. The molecular formula is C9H6ClN3O3. The maximum absolute atomic E-state index is 10.6. The van der Waals surface area contributed by atoms with Crippen LogP contribution in [0.5, 0.6) is 5.75 Å². The Bertz CT molecular complexity index is 573. The van der Waals surface area contributed by atoms with E-state index in [1.54, 1.807) is 6.07 Å². The molecule has 0 aliphatic rings. The molecule has 7 heteroatoms. The molecule has 0 fully saturated rings. The maximum Gasteiger partial charge on any atom is 0.308 e. The van der Waals surface area contributed by atoms with Gasteiger partial charge in [0, 0.05) is 6.07 Å². The number of pyridine rings is 2. The van der Waals surface area contributed by atoms with Crippen molar-refractivity contribution in [3.05, 3.63) is 33.6 Å². The van der Waals surface area contributed by atoms with Gasteiger partial charge in [0.1, 0.15) is 22.5 Å². The maximum atomic E-state index is 10.6. The van der Waals surface area contributed by atoms with Crippen molar-refractivity contribution >= 4 is 28.3 Å². The molecule has 2 rings (SSSR count). The summed E-state index contributed by atoms with van der Waals surface area (Å²) in [5.74, 6) is 0.518. The molecule has 0 saturated carbocycles. The minimum Gasteiger partial charge on any atom is -0.495 e. The lowest BCUT2D eigenvalue weighted by molar-refractivity contribution is -0.384. The lowest BCUT2D eigenvalue weighted by atomic mass is 10.3. The van der Waals surface area contributed by atoms with E-state index in [-0.39, 0.29) is 16.2 Å². The van der Waals surface area contributed by atoms with Crippen LogP contribution in [-0.2, 0) is 0 Å². The highest BCUT2D eigenvalue weighted by atomic mass is 35.5. The van der Waals surface area contributed by atoms with Gasteiger partial charge in [-0.05, 0) is 0 Å². The van der Waals surface area contributed by atoms with E-state index >= 15 is 0 Å². The van der Waals surface area contributed by atoms with E-state index in [0.717, 1.165) is 6.20 Å². The first-order chi connectivity index (χ1) is 7.63. The summed E-state index contributed by atoms with van der Waals surface area (Å²) in [6, 6.07) is 1.61. The standard InChI is InChI=1S/C9H6ClN3O3/c1-16-5-2-6-9(12-3-5)8(10)7(4-11-6)13(14)15/h2-4H,1H3. The number of fused-ring (bicyclic) bond motifs is 1. The van der Waals surface area contributed by atoms with Crippen LogP contribution in [0, 0.1) is 10.1 Å². The van der Waals surface area contributed by atoms with E-state index < -0.39 is 4.92 Å². The van der Waals surface area contributed by atoms with Crippen molar-refractivity contribution in [2.24, 2.45) is 0 Å². The zero-order valence-electron chi connectivity index (χ0n) is 8.18. The van der Waals surface area contributed by atoms with Crippen LogP contribution in [-0.4, -0.2) is 22.0 Å². The van der Waals surface area contributed by atoms with Gasteiger partial charge >= 0.3 is 5.69 Å². The molecule has 0 spiro atoms. The van der Waals surface area contributed by atoms with Crippen molar-refractivity contribution in [2.45, 2.75) is 0 Å². The lowest BCUT2D eigenvalue weighted by Gasteiger charge is -2.02. The van der Waals surface area contributed by atoms with Crippen LogP contribution in [0.1, 0.15) is 0 Å². The zero-order valence-corrected chi connectivity index (χ0v) is 8.93. The van der Waals surface area contributed by atoms with Crippen molar-refractivity contribution in [1.29, 1.82) is 0 Å². The highest BCUT2D eigenvalue weighted by Crippen LogP contribution is 2.30. The fraction of sp³-hybridized carbons (Fsp3) is 0.111. The summed E-state index contributed by atoms with van der Waals surface area (Å²) in [5.41, 5.74) is 0.485. The number of hydrogen-bond donors (Lipinski definition) is 0. The van der Waals surface area contributed by atoms with Gasteiger partial charge in [0.2, 0.25) is 0 Å². The molecule has 2 aromatic heterocycles. The van der Waals surface area contributed by atoms with E-state index in [4.69, 9.17) is 16.3 Å². The fourth-order valence-electron chi connectivity index (χ4n) is 1.25.